The number of hydrogen-bond donors (Lipinski definition) is 0. The van der Waals surface area contributed by atoms with E-state index in [0.717, 1.165) is 17.7 Å². The minimum absolute atomic E-state index is 0.848. The van der Waals surface area contributed by atoms with Gasteiger partial charge in [-0.25, -0.2) is 0 Å². The Hall–Kier alpha value is -2.03. The molecular formula is C13H13N3. The van der Waals surface area contributed by atoms with E-state index in [1.165, 1.54) is 11.1 Å². The number of hydrogen-bond acceptors (Lipinski definition) is 3. The van der Waals surface area contributed by atoms with Crippen LogP contribution >= 0.6 is 0 Å². The van der Waals surface area contributed by atoms with Crippen LogP contribution in [0.15, 0.2) is 43.1 Å². The Kier molecular flexibility index (Phi) is 3.05. The van der Waals surface area contributed by atoms with E-state index in [4.69, 9.17) is 0 Å². The lowest BCUT2D eigenvalue weighted by Crippen LogP contribution is -1.92. The molecule has 1 heterocycles. The van der Waals surface area contributed by atoms with E-state index in [1.807, 2.05) is 18.2 Å². The van der Waals surface area contributed by atoms with Gasteiger partial charge in [0.1, 0.15) is 0 Å². The van der Waals surface area contributed by atoms with Crippen LogP contribution in [0.25, 0.3) is 11.3 Å². The second-order valence-electron chi connectivity index (χ2n) is 3.64. The van der Waals surface area contributed by atoms with Crippen LogP contribution < -0.4 is 0 Å². The van der Waals surface area contributed by atoms with Crippen molar-refractivity contribution in [1.29, 1.82) is 0 Å². The van der Waals surface area contributed by atoms with Crippen molar-refractivity contribution < 1.29 is 0 Å². The van der Waals surface area contributed by atoms with Crippen molar-refractivity contribution in [2.24, 2.45) is 0 Å². The average molecular weight is 211 g/mol. The van der Waals surface area contributed by atoms with Crippen molar-refractivity contribution in [1.82, 2.24) is 15.4 Å². The molecule has 3 heteroatoms. The molecule has 0 aliphatic rings. The number of aromatic nitrogens is 3. The van der Waals surface area contributed by atoms with E-state index in [-0.39, 0.29) is 0 Å². The summed E-state index contributed by atoms with van der Waals surface area (Å²) in [7, 11) is 0. The van der Waals surface area contributed by atoms with Gasteiger partial charge < -0.3 is 0 Å². The van der Waals surface area contributed by atoms with Gasteiger partial charge in [-0.3, -0.25) is 0 Å². The molecule has 0 bridgehead atoms. The van der Waals surface area contributed by atoms with Gasteiger partial charge in [-0.2, -0.15) is 0 Å². The number of allylic oxidation sites excluding steroid dienone is 1. The summed E-state index contributed by atoms with van der Waals surface area (Å²) in [5.41, 5.74) is 4.45. The molecule has 80 valence electrons. The van der Waals surface area contributed by atoms with Gasteiger partial charge in [-0.15, -0.1) is 16.8 Å². The molecule has 0 saturated heterocycles. The predicted molar refractivity (Wildman–Crippen MR) is 63.9 cm³/mol. The Morgan fingerprint density at radius 2 is 2.19 bits per heavy atom. The third-order valence-electron chi connectivity index (χ3n) is 2.51. The molecule has 2 aromatic rings. The van der Waals surface area contributed by atoms with Gasteiger partial charge in [0.25, 0.3) is 0 Å². The molecule has 0 spiro atoms. The maximum atomic E-state index is 3.99. The van der Waals surface area contributed by atoms with Gasteiger partial charge in [0.2, 0.25) is 0 Å². The van der Waals surface area contributed by atoms with Gasteiger partial charge in [0, 0.05) is 5.56 Å². The van der Waals surface area contributed by atoms with Crippen molar-refractivity contribution in [3.63, 3.8) is 0 Å². The van der Waals surface area contributed by atoms with Crippen LogP contribution in [-0.2, 0) is 6.42 Å². The third-order valence-corrected chi connectivity index (χ3v) is 2.51. The highest BCUT2D eigenvalue weighted by molar-refractivity contribution is 5.60. The first-order valence-electron chi connectivity index (χ1n) is 5.16. The lowest BCUT2D eigenvalue weighted by atomic mass is 10.0. The van der Waals surface area contributed by atoms with Gasteiger partial charge in [-0.1, -0.05) is 18.2 Å². The van der Waals surface area contributed by atoms with Crippen LogP contribution in [0, 0.1) is 6.92 Å². The topological polar surface area (TPSA) is 38.7 Å². The Balaban J connectivity index is 2.43. The van der Waals surface area contributed by atoms with Crippen LogP contribution in [0.5, 0.6) is 0 Å². The Bertz CT molecular complexity index is 492. The SMILES string of the molecule is C=CCc1cc(-c2ccnnn2)ccc1C. The molecule has 0 unspecified atom stereocenters. The van der Waals surface area contributed by atoms with Crippen molar-refractivity contribution in [2.45, 2.75) is 13.3 Å². The lowest BCUT2D eigenvalue weighted by Gasteiger charge is -2.05. The molecule has 0 fully saturated rings. The van der Waals surface area contributed by atoms with Crippen molar-refractivity contribution >= 4 is 0 Å². The fourth-order valence-corrected chi connectivity index (χ4v) is 1.60. The maximum Gasteiger partial charge on any atom is 0.0963 e. The van der Waals surface area contributed by atoms with E-state index in [0.29, 0.717) is 0 Å². The van der Waals surface area contributed by atoms with Crippen LogP contribution in [0.3, 0.4) is 0 Å². The predicted octanol–water partition coefficient (Wildman–Crippen LogP) is 2.58. The van der Waals surface area contributed by atoms with Gasteiger partial charge >= 0.3 is 0 Å². The van der Waals surface area contributed by atoms with Crippen molar-refractivity contribution in [3.05, 3.63) is 54.2 Å². The summed E-state index contributed by atoms with van der Waals surface area (Å²) in [6.07, 6.45) is 4.43. The molecule has 16 heavy (non-hydrogen) atoms. The summed E-state index contributed by atoms with van der Waals surface area (Å²) < 4.78 is 0. The standard InChI is InChI=1S/C13H13N3/c1-3-4-11-9-12(6-5-10(11)2)13-7-8-14-16-15-13/h3,5-9H,1,4H2,2H3. The molecule has 0 atom stereocenters. The number of aryl methyl sites for hydroxylation is 1. The summed E-state index contributed by atoms with van der Waals surface area (Å²) in [5, 5.41) is 11.3. The highest BCUT2D eigenvalue weighted by atomic mass is 15.3. The maximum absolute atomic E-state index is 3.99. The normalized spacial score (nSPS) is 10.1. The molecule has 0 saturated carbocycles. The third kappa shape index (κ3) is 2.14. The molecule has 0 N–H and O–H groups in total. The second kappa shape index (κ2) is 4.66. The number of benzene rings is 1. The minimum atomic E-state index is 0.848. The monoisotopic (exact) mass is 211 g/mol. The first-order chi connectivity index (χ1) is 7.81. The van der Waals surface area contributed by atoms with Gasteiger partial charge in [0.15, 0.2) is 0 Å². The molecular weight excluding hydrogens is 198 g/mol. The summed E-state index contributed by atoms with van der Waals surface area (Å²) in [5.74, 6) is 0. The second-order valence-corrected chi connectivity index (χ2v) is 3.64. The average Bonchev–Trinajstić information content (AvgIpc) is 2.33. The Labute approximate surface area is 94.9 Å². The smallest absolute Gasteiger partial charge is 0.0963 e. The van der Waals surface area contributed by atoms with Crippen LogP contribution in [0.4, 0.5) is 0 Å². The minimum Gasteiger partial charge on any atom is -0.139 e. The molecule has 0 aliphatic carbocycles. The zero-order chi connectivity index (χ0) is 11.4. The Morgan fingerprint density at radius 3 is 2.88 bits per heavy atom. The van der Waals surface area contributed by atoms with Crippen molar-refractivity contribution in [3.8, 4) is 11.3 Å². The molecule has 0 amide bonds. The van der Waals surface area contributed by atoms with Gasteiger partial charge in [-0.05, 0) is 41.8 Å². The van der Waals surface area contributed by atoms with Crippen LogP contribution in [0.2, 0.25) is 0 Å². The molecule has 0 radical (unpaired) electrons. The van der Waals surface area contributed by atoms with E-state index in [1.54, 1.807) is 6.20 Å². The number of rotatable bonds is 3. The fraction of sp³-hybridized carbons (Fsp3) is 0.154. The summed E-state index contributed by atoms with van der Waals surface area (Å²) in [6.45, 7) is 5.86. The first kappa shape index (κ1) is 10.5. The molecule has 1 aromatic carbocycles. The highest BCUT2D eigenvalue weighted by Gasteiger charge is 2.02. The van der Waals surface area contributed by atoms with E-state index < -0.39 is 0 Å². The van der Waals surface area contributed by atoms with E-state index in [9.17, 15) is 0 Å². The number of nitrogens with zero attached hydrogens (tertiary/aromatic N) is 3. The largest absolute Gasteiger partial charge is 0.139 e. The van der Waals surface area contributed by atoms with Crippen molar-refractivity contribution in [2.75, 3.05) is 0 Å². The summed E-state index contributed by atoms with van der Waals surface area (Å²) in [4.78, 5) is 0. The zero-order valence-corrected chi connectivity index (χ0v) is 9.22. The molecule has 0 aliphatic heterocycles. The lowest BCUT2D eigenvalue weighted by molar-refractivity contribution is 0.870. The summed E-state index contributed by atoms with van der Waals surface area (Å²) in [6, 6.07) is 8.12. The van der Waals surface area contributed by atoms with E-state index >= 15 is 0 Å². The van der Waals surface area contributed by atoms with Crippen LogP contribution in [-0.4, -0.2) is 15.4 Å². The molecule has 2 rings (SSSR count). The quantitative estimate of drug-likeness (QED) is 0.732. The fourth-order valence-electron chi connectivity index (χ4n) is 1.60. The Morgan fingerprint density at radius 1 is 1.31 bits per heavy atom. The van der Waals surface area contributed by atoms with Crippen LogP contribution in [0.1, 0.15) is 11.1 Å². The summed E-state index contributed by atoms with van der Waals surface area (Å²) >= 11 is 0. The molecule has 3 nitrogen and oxygen atoms in total. The van der Waals surface area contributed by atoms with Gasteiger partial charge in [0.05, 0.1) is 11.9 Å². The zero-order valence-electron chi connectivity index (χ0n) is 9.22. The first-order valence-corrected chi connectivity index (χ1v) is 5.16. The highest BCUT2D eigenvalue weighted by Crippen LogP contribution is 2.20. The van der Waals surface area contributed by atoms with E-state index in [2.05, 4.69) is 41.0 Å². The molecule has 1 aromatic heterocycles.